The number of fused-ring (bicyclic) bond motifs is 2. The number of imidazole rings is 1. The summed E-state index contributed by atoms with van der Waals surface area (Å²) in [4.78, 5) is 28.3. The van der Waals surface area contributed by atoms with E-state index >= 15 is 0 Å². The van der Waals surface area contributed by atoms with Crippen LogP contribution in [0.25, 0.3) is 11.0 Å². The van der Waals surface area contributed by atoms with E-state index in [9.17, 15) is 18.7 Å². The molecule has 0 bridgehead atoms. The van der Waals surface area contributed by atoms with Crippen LogP contribution in [0.1, 0.15) is 70.5 Å². The summed E-state index contributed by atoms with van der Waals surface area (Å²) in [5, 5.41) is 10.2. The van der Waals surface area contributed by atoms with E-state index in [1.807, 2.05) is 23.6 Å². The van der Waals surface area contributed by atoms with Crippen LogP contribution in [0.2, 0.25) is 5.02 Å². The quantitative estimate of drug-likeness (QED) is 0.183. The maximum Gasteiger partial charge on any atom is 0.335 e. The number of halogens is 3. The second-order valence-electron chi connectivity index (χ2n) is 11.9. The third kappa shape index (κ3) is 5.69. The van der Waals surface area contributed by atoms with Gasteiger partial charge in [0.15, 0.2) is 11.5 Å². The molecule has 5 aromatic rings. The van der Waals surface area contributed by atoms with Crippen LogP contribution in [-0.4, -0.2) is 48.6 Å². The molecule has 5 heterocycles. The molecule has 1 atom stereocenters. The topological polar surface area (TPSA) is 103 Å². The number of carboxylic acid groups (broad SMARTS) is 1. The van der Waals surface area contributed by atoms with Crippen molar-refractivity contribution in [1.82, 2.24) is 24.4 Å². The van der Waals surface area contributed by atoms with E-state index in [-0.39, 0.29) is 17.0 Å². The lowest BCUT2D eigenvalue weighted by Gasteiger charge is -2.32. The van der Waals surface area contributed by atoms with Gasteiger partial charge < -0.3 is 19.1 Å². The number of alkyl halides is 2. The Kier molecular flexibility index (Phi) is 7.69. The van der Waals surface area contributed by atoms with Gasteiger partial charge in [0.1, 0.15) is 11.5 Å². The predicted molar refractivity (Wildman–Crippen MR) is 169 cm³/mol. The van der Waals surface area contributed by atoms with E-state index in [0.717, 1.165) is 49.4 Å². The molecule has 0 aliphatic carbocycles. The monoisotopic (exact) mass is 665 g/mol. The number of carboxylic acids is 1. The lowest BCUT2D eigenvalue weighted by molar-refractivity contribution is -0.0722. The summed E-state index contributed by atoms with van der Waals surface area (Å²) in [5.41, 5.74) is 3.28. The molecule has 1 saturated heterocycles. The van der Waals surface area contributed by atoms with Crippen molar-refractivity contribution >= 4 is 39.9 Å². The van der Waals surface area contributed by atoms with Gasteiger partial charge in [0.2, 0.25) is 0 Å². The first kappa shape index (κ1) is 30.5. The largest absolute Gasteiger partial charge is 0.478 e. The predicted octanol–water partition coefficient (Wildman–Crippen LogP) is 7.42. The molecule has 2 aliphatic heterocycles. The number of aromatic carboxylic acids is 1. The van der Waals surface area contributed by atoms with Crippen molar-refractivity contribution in [2.45, 2.75) is 57.4 Å². The zero-order valence-corrected chi connectivity index (χ0v) is 26.6. The van der Waals surface area contributed by atoms with Gasteiger partial charge in [-0.15, -0.1) is 11.3 Å². The molecule has 238 valence electrons. The van der Waals surface area contributed by atoms with Gasteiger partial charge in [0, 0.05) is 42.2 Å². The SMILES string of the molecule is CC(F)(F)c1cc(C(=O)O)cc2c1nc(CN1CCC(c3cccc4c3O[C@@](C)(c3ccc(Cl)cn3)O4)CC1)n2Cc1cncs1. The van der Waals surface area contributed by atoms with Crippen LogP contribution in [0.15, 0.2) is 60.4 Å². The molecule has 0 radical (unpaired) electrons. The molecule has 1 fully saturated rings. The number of piperidine rings is 1. The number of likely N-dealkylation sites (tertiary alicyclic amines) is 1. The van der Waals surface area contributed by atoms with E-state index < -0.39 is 23.2 Å². The van der Waals surface area contributed by atoms with E-state index in [2.05, 4.69) is 20.9 Å². The van der Waals surface area contributed by atoms with Gasteiger partial charge >= 0.3 is 5.97 Å². The highest BCUT2D eigenvalue weighted by molar-refractivity contribution is 7.09. The number of thiazole rings is 1. The molecule has 13 heteroatoms. The van der Waals surface area contributed by atoms with Crippen molar-refractivity contribution in [1.29, 1.82) is 0 Å². The average molecular weight is 666 g/mol. The van der Waals surface area contributed by atoms with Gasteiger partial charge in [-0.25, -0.2) is 18.6 Å². The summed E-state index contributed by atoms with van der Waals surface area (Å²) < 4.78 is 44.1. The Balaban J connectivity index is 1.14. The molecule has 2 aliphatic rings. The second kappa shape index (κ2) is 11.6. The normalized spacial score (nSPS) is 18.8. The van der Waals surface area contributed by atoms with Crippen molar-refractivity contribution in [2.75, 3.05) is 13.1 Å². The first-order valence-corrected chi connectivity index (χ1v) is 16.1. The van der Waals surface area contributed by atoms with Crippen molar-refractivity contribution in [3.63, 3.8) is 0 Å². The number of carbonyl (C=O) groups is 1. The molecule has 7 rings (SSSR count). The van der Waals surface area contributed by atoms with E-state index in [0.29, 0.717) is 46.6 Å². The Bertz CT molecular complexity index is 1920. The molecule has 0 saturated carbocycles. The van der Waals surface area contributed by atoms with E-state index in [1.54, 1.807) is 30.0 Å². The van der Waals surface area contributed by atoms with Gasteiger partial charge in [-0.05, 0) is 62.2 Å². The number of hydrogen-bond donors (Lipinski definition) is 1. The Morgan fingerprint density at radius 2 is 1.96 bits per heavy atom. The number of ether oxygens (including phenoxy) is 2. The van der Waals surface area contributed by atoms with Crippen LogP contribution in [0.5, 0.6) is 11.5 Å². The summed E-state index contributed by atoms with van der Waals surface area (Å²) in [6.07, 6.45) is 4.97. The molecular weight excluding hydrogens is 636 g/mol. The maximum atomic E-state index is 14.8. The summed E-state index contributed by atoms with van der Waals surface area (Å²) in [5.74, 6) is -3.42. The fourth-order valence-electron chi connectivity index (χ4n) is 6.32. The lowest BCUT2D eigenvalue weighted by atomic mass is 9.88. The van der Waals surface area contributed by atoms with Crippen LogP contribution < -0.4 is 9.47 Å². The number of para-hydroxylation sites is 1. The van der Waals surface area contributed by atoms with Crippen LogP contribution in [-0.2, 0) is 24.8 Å². The molecular formula is C33H30ClF2N5O4S. The number of benzene rings is 2. The minimum absolute atomic E-state index is 0.113. The fourth-order valence-corrected chi connectivity index (χ4v) is 7.02. The Morgan fingerprint density at radius 3 is 2.63 bits per heavy atom. The first-order chi connectivity index (χ1) is 22.0. The molecule has 0 spiro atoms. The van der Waals surface area contributed by atoms with Crippen molar-refractivity contribution in [3.05, 3.63) is 98.5 Å². The van der Waals surface area contributed by atoms with Crippen LogP contribution in [0.3, 0.4) is 0 Å². The number of pyridine rings is 1. The first-order valence-electron chi connectivity index (χ1n) is 14.9. The van der Waals surface area contributed by atoms with E-state index in [4.69, 9.17) is 26.1 Å². The van der Waals surface area contributed by atoms with Gasteiger partial charge in [-0.2, -0.15) is 0 Å². The standard InChI is InChI=1S/C33H30ClF2N5O4S/c1-32(35,36)24-12-20(31(42)43)13-25-29(24)39-28(41(25)16-22-15-37-18-46-22)17-40-10-8-19(9-11-40)23-4-3-5-26-30(23)45-33(2,44-26)27-7-6-21(34)14-38-27/h3-7,12-15,18-19H,8-11,16-17H2,1-2H3,(H,42,43)/t33-/m0/s1. The maximum absolute atomic E-state index is 14.8. The Labute approximate surface area is 272 Å². The minimum atomic E-state index is -3.27. The molecule has 9 nitrogen and oxygen atoms in total. The third-order valence-corrected chi connectivity index (χ3v) is 9.63. The average Bonchev–Trinajstić information content (AvgIpc) is 3.75. The van der Waals surface area contributed by atoms with Crippen molar-refractivity contribution in [3.8, 4) is 11.5 Å². The molecule has 1 N–H and O–H groups in total. The summed E-state index contributed by atoms with van der Waals surface area (Å²) in [7, 11) is 0. The third-order valence-electron chi connectivity index (χ3n) is 8.65. The zero-order valence-electron chi connectivity index (χ0n) is 25.0. The van der Waals surface area contributed by atoms with Gasteiger partial charge in [-0.1, -0.05) is 23.7 Å². The van der Waals surface area contributed by atoms with Crippen molar-refractivity contribution in [2.24, 2.45) is 0 Å². The summed E-state index contributed by atoms with van der Waals surface area (Å²) in [6.45, 7) is 4.86. The molecule has 0 unspecified atom stereocenters. The molecule has 46 heavy (non-hydrogen) atoms. The van der Waals surface area contributed by atoms with E-state index in [1.165, 1.54) is 17.4 Å². The van der Waals surface area contributed by atoms with Gasteiger partial charge in [-0.3, -0.25) is 14.9 Å². The van der Waals surface area contributed by atoms with Gasteiger partial charge in [0.05, 0.1) is 40.2 Å². The number of hydrogen-bond acceptors (Lipinski definition) is 8. The highest BCUT2D eigenvalue weighted by Crippen LogP contribution is 2.49. The Hall–Kier alpha value is -4.13. The molecule has 0 amide bonds. The number of rotatable bonds is 8. The summed E-state index contributed by atoms with van der Waals surface area (Å²) in [6, 6.07) is 12.0. The fraction of sp³-hybridized carbons (Fsp3) is 0.333. The zero-order chi connectivity index (χ0) is 32.2. The highest BCUT2D eigenvalue weighted by atomic mass is 35.5. The Morgan fingerprint density at radius 1 is 1.15 bits per heavy atom. The van der Waals surface area contributed by atoms with Crippen LogP contribution >= 0.6 is 22.9 Å². The summed E-state index contributed by atoms with van der Waals surface area (Å²) >= 11 is 7.48. The molecule has 2 aromatic carbocycles. The van der Waals surface area contributed by atoms with Gasteiger partial charge in [0.25, 0.3) is 11.7 Å². The number of nitrogens with zero attached hydrogens (tertiary/aromatic N) is 5. The minimum Gasteiger partial charge on any atom is -0.478 e. The smallest absolute Gasteiger partial charge is 0.335 e. The number of aromatic nitrogens is 4. The van der Waals surface area contributed by atoms with Crippen LogP contribution in [0, 0.1) is 0 Å². The van der Waals surface area contributed by atoms with Crippen LogP contribution in [0.4, 0.5) is 8.78 Å². The highest BCUT2D eigenvalue weighted by Gasteiger charge is 2.42. The second-order valence-corrected chi connectivity index (χ2v) is 13.3. The molecule has 3 aromatic heterocycles. The lowest BCUT2D eigenvalue weighted by Crippen LogP contribution is -2.34. The van der Waals surface area contributed by atoms with Crippen molar-refractivity contribution < 1.29 is 28.2 Å².